The van der Waals surface area contributed by atoms with E-state index < -0.39 is 0 Å². The summed E-state index contributed by atoms with van der Waals surface area (Å²) in [6, 6.07) is 9.79. The lowest BCUT2D eigenvalue weighted by Crippen LogP contribution is -2.00. The fourth-order valence-electron chi connectivity index (χ4n) is 1.57. The molecule has 0 atom stereocenters. The van der Waals surface area contributed by atoms with E-state index in [2.05, 4.69) is 10.3 Å². The first-order chi connectivity index (χ1) is 7.68. The van der Waals surface area contributed by atoms with Crippen molar-refractivity contribution in [2.75, 3.05) is 11.1 Å². The van der Waals surface area contributed by atoms with Crippen LogP contribution in [-0.2, 0) is 0 Å². The fourth-order valence-corrected chi connectivity index (χ4v) is 1.57. The van der Waals surface area contributed by atoms with Crippen LogP contribution in [0.15, 0.2) is 36.5 Å². The Labute approximate surface area is 95.3 Å². The van der Waals surface area contributed by atoms with E-state index >= 15 is 0 Å². The second-order valence-corrected chi connectivity index (χ2v) is 3.81. The third kappa shape index (κ3) is 1.98. The second-order valence-electron chi connectivity index (χ2n) is 3.81. The van der Waals surface area contributed by atoms with Gasteiger partial charge in [-0.2, -0.15) is 0 Å². The third-order valence-corrected chi connectivity index (χ3v) is 2.66. The zero-order valence-corrected chi connectivity index (χ0v) is 9.49. The van der Waals surface area contributed by atoms with Gasteiger partial charge < -0.3 is 11.1 Å². The molecule has 2 aromatic rings. The van der Waals surface area contributed by atoms with Crippen molar-refractivity contribution in [3.05, 3.63) is 47.7 Å². The van der Waals surface area contributed by atoms with E-state index in [1.165, 1.54) is 0 Å². The molecule has 3 N–H and O–H groups in total. The van der Waals surface area contributed by atoms with Gasteiger partial charge in [0.15, 0.2) is 0 Å². The number of rotatable bonds is 2. The standard InChI is InChI=1S/C13H15N3/c1-9-6-7-11(10(2)13(9)14)16-12-5-3-4-8-15-12/h3-8H,14H2,1-2H3,(H,15,16). The minimum Gasteiger partial charge on any atom is -0.398 e. The van der Waals surface area contributed by atoms with Gasteiger partial charge >= 0.3 is 0 Å². The molecule has 0 amide bonds. The molecule has 3 heteroatoms. The number of aromatic nitrogens is 1. The molecule has 0 saturated heterocycles. The lowest BCUT2D eigenvalue weighted by molar-refractivity contribution is 1.29. The molecule has 2 rings (SSSR count). The molecule has 0 fully saturated rings. The molecular weight excluding hydrogens is 198 g/mol. The fraction of sp³-hybridized carbons (Fsp3) is 0.154. The summed E-state index contributed by atoms with van der Waals surface area (Å²) in [5, 5.41) is 3.25. The number of nitrogen functional groups attached to an aromatic ring is 1. The van der Waals surface area contributed by atoms with Crippen LogP contribution in [0.2, 0.25) is 0 Å². The smallest absolute Gasteiger partial charge is 0.130 e. The number of aryl methyl sites for hydroxylation is 1. The highest BCUT2D eigenvalue weighted by molar-refractivity contribution is 5.70. The monoisotopic (exact) mass is 213 g/mol. The SMILES string of the molecule is Cc1ccc(Nc2ccccn2)c(C)c1N. The first-order valence-corrected chi connectivity index (χ1v) is 5.22. The van der Waals surface area contributed by atoms with Crippen LogP contribution in [-0.4, -0.2) is 4.98 Å². The molecule has 3 nitrogen and oxygen atoms in total. The van der Waals surface area contributed by atoms with Crippen molar-refractivity contribution < 1.29 is 0 Å². The van der Waals surface area contributed by atoms with Crippen LogP contribution in [0.5, 0.6) is 0 Å². The molecule has 82 valence electrons. The van der Waals surface area contributed by atoms with Gasteiger partial charge in [0.1, 0.15) is 5.82 Å². The molecule has 1 heterocycles. The lowest BCUT2D eigenvalue weighted by atomic mass is 10.1. The Bertz CT molecular complexity index is 492. The number of nitrogens with two attached hydrogens (primary N) is 1. The summed E-state index contributed by atoms with van der Waals surface area (Å²) in [5.41, 5.74) is 9.97. The molecule has 0 saturated carbocycles. The minimum atomic E-state index is 0.828. The van der Waals surface area contributed by atoms with Gasteiger partial charge in [-0.05, 0) is 43.2 Å². The van der Waals surface area contributed by atoms with Gasteiger partial charge in [0.2, 0.25) is 0 Å². The maximum Gasteiger partial charge on any atom is 0.130 e. The first-order valence-electron chi connectivity index (χ1n) is 5.22. The summed E-state index contributed by atoms with van der Waals surface area (Å²) in [5.74, 6) is 0.828. The van der Waals surface area contributed by atoms with Crippen LogP contribution in [0, 0.1) is 13.8 Å². The molecule has 0 aliphatic carbocycles. The molecule has 0 aliphatic rings. The summed E-state index contributed by atoms with van der Waals surface area (Å²) < 4.78 is 0. The van der Waals surface area contributed by atoms with Crippen molar-refractivity contribution in [3.8, 4) is 0 Å². The Hall–Kier alpha value is -2.03. The quantitative estimate of drug-likeness (QED) is 0.754. The van der Waals surface area contributed by atoms with Crippen molar-refractivity contribution in [2.45, 2.75) is 13.8 Å². The summed E-state index contributed by atoms with van der Waals surface area (Å²) >= 11 is 0. The van der Waals surface area contributed by atoms with Crippen LogP contribution in [0.1, 0.15) is 11.1 Å². The van der Waals surface area contributed by atoms with Crippen LogP contribution in [0.3, 0.4) is 0 Å². The molecule has 1 aromatic carbocycles. The average Bonchev–Trinajstić information content (AvgIpc) is 2.31. The summed E-state index contributed by atoms with van der Waals surface area (Å²) in [6.07, 6.45) is 1.76. The van der Waals surface area contributed by atoms with Gasteiger partial charge in [0.05, 0.1) is 0 Å². The molecule has 0 aliphatic heterocycles. The highest BCUT2D eigenvalue weighted by atomic mass is 15.0. The molecule has 0 radical (unpaired) electrons. The number of hydrogen-bond acceptors (Lipinski definition) is 3. The normalized spacial score (nSPS) is 10.1. The Morgan fingerprint density at radius 2 is 1.94 bits per heavy atom. The Morgan fingerprint density at radius 3 is 2.62 bits per heavy atom. The largest absolute Gasteiger partial charge is 0.398 e. The maximum atomic E-state index is 5.98. The highest BCUT2D eigenvalue weighted by Crippen LogP contribution is 2.26. The van der Waals surface area contributed by atoms with Crippen LogP contribution < -0.4 is 11.1 Å². The van der Waals surface area contributed by atoms with Crippen LogP contribution in [0.25, 0.3) is 0 Å². The topological polar surface area (TPSA) is 50.9 Å². The van der Waals surface area contributed by atoms with Crippen molar-refractivity contribution in [1.29, 1.82) is 0 Å². The van der Waals surface area contributed by atoms with Crippen LogP contribution in [0.4, 0.5) is 17.2 Å². The summed E-state index contributed by atoms with van der Waals surface area (Å²) in [6.45, 7) is 4.01. The Balaban J connectivity index is 2.33. The van der Waals surface area contributed by atoms with Gasteiger partial charge in [-0.1, -0.05) is 12.1 Å². The second kappa shape index (κ2) is 4.23. The van der Waals surface area contributed by atoms with E-state index in [0.29, 0.717) is 0 Å². The highest BCUT2D eigenvalue weighted by Gasteiger charge is 2.04. The van der Waals surface area contributed by atoms with Crippen molar-refractivity contribution in [3.63, 3.8) is 0 Å². The number of anilines is 3. The Morgan fingerprint density at radius 1 is 1.12 bits per heavy atom. The van der Waals surface area contributed by atoms with Gasteiger partial charge in [0, 0.05) is 17.6 Å². The number of benzene rings is 1. The summed E-state index contributed by atoms with van der Waals surface area (Å²) in [7, 11) is 0. The van der Waals surface area contributed by atoms with Crippen molar-refractivity contribution in [1.82, 2.24) is 4.98 Å². The maximum absolute atomic E-state index is 5.98. The van der Waals surface area contributed by atoms with E-state index in [1.807, 2.05) is 44.2 Å². The number of nitrogens with zero attached hydrogens (tertiary/aromatic N) is 1. The first kappa shape index (κ1) is 10.5. The zero-order valence-electron chi connectivity index (χ0n) is 9.49. The molecule has 0 bridgehead atoms. The van der Waals surface area contributed by atoms with Crippen molar-refractivity contribution >= 4 is 17.2 Å². The average molecular weight is 213 g/mol. The molecule has 0 unspecified atom stereocenters. The number of nitrogens with one attached hydrogen (secondary N) is 1. The molecule has 16 heavy (non-hydrogen) atoms. The number of pyridine rings is 1. The van der Waals surface area contributed by atoms with E-state index in [-0.39, 0.29) is 0 Å². The molecule has 0 spiro atoms. The number of hydrogen-bond donors (Lipinski definition) is 2. The zero-order chi connectivity index (χ0) is 11.5. The predicted molar refractivity (Wildman–Crippen MR) is 67.8 cm³/mol. The van der Waals surface area contributed by atoms with E-state index in [4.69, 9.17) is 5.73 Å². The van der Waals surface area contributed by atoms with Gasteiger partial charge in [-0.15, -0.1) is 0 Å². The summed E-state index contributed by atoms with van der Waals surface area (Å²) in [4.78, 5) is 4.22. The lowest BCUT2D eigenvalue weighted by Gasteiger charge is -2.12. The van der Waals surface area contributed by atoms with E-state index in [1.54, 1.807) is 6.20 Å². The van der Waals surface area contributed by atoms with Gasteiger partial charge in [-0.3, -0.25) is 0 Å². The third-order valence-electron chi connectivity index (χ3n) is 2.66. The van der Waals surface area contributed by atoms with Gasteiger partial charge in [-0.25, -0.2) is 4.98 Å². The molecule has 1 aromatic heterocycles. The predicted octanol–water partition coefficient (Wildman–Crippen LogP) is 3.02. The van der Waals surface area contributed by atoms with Crippen molar-refractivity contribution in [2.24, 2.45) is 0 Å². The van der Waals surface area contributed by atoms with E-state index in [9.17, 15) is 0 Å². The van der Waals surface area contributed by atoms with E-state index in [0.717, 1.165) is 28.3 Å². The van der Waals surface area contributed by atoms with Gasteiger partial charge in [0.25, 0.3) is 0 Å². The van der Waals surface area contributed by atoms with Crippen LogP contribution >= 0.6 is 0 Å². The molecular formula is C13H15N3. The minimum absolute atomic E-state index is 0.828. The Kier molecular flexibility index (Phi) is 2.77.